The number of nitrogens with zero attached hydrogens (tertiary/aromatic N) is 1. The molecule has 1 aliphatic rings. The van der Waals surface area contributed by atoms with Crippen LogP contribution in [0.25, 0.3) is 0 Å². The molecule has 92 valence electrons. The molecule has 6 heteroatoms. The summed E-state index contributed by atoms with van der Waals surface area (Å²) in [6.07, 6.45) is 2.32. The quantitative estimate of drug-likeness (QED) is 0.545. The van der Waals surface area contributed by atoms with Crippen LogP contribution in [-0.4, -0.2) is 42.4 Å². The zero-order chi connectivity index (χ0) is 12.2. The first kappa shape index (κ1) is 12.9. The van der Waals surface area contributed by atoms with E-state index in [4.69, 9.17) is 0 Å². The van der Waals surface area contributed by atoms with Gasteiger partial charge in [0.05, 0.1) is 6.61 Å². The van der Waals surface area contributed by atoms with E-state index in [0.717, 1.165) is 11.3 Å². The summed E-state index contributed by atoms with van der Waals surface area (Å²) in [6.45, 7) is 1.82. The molecule has 0 radical (unpaired) electrons. The van der Waals surface area contributed by atoms with E-state index in [-0.39, 0.29) is 19.7 Å². The molecule has 0 unspecified atom stereocenters. The molecule has 1 aliphatic heterocycles. The summed E-state index contributed by atoms with van der Waals surface area (Å²) in [5.74, 6) is -7.25. The first-order valence-electron chi connectivity index (χ1n) is 5.34. The van der Waals surface area contributed by atoms with E-state index in [1.807, 2.05) is 0 Å². The Hall–Kier alpha value is -1.20. The number of ether oxygens (including phenoxy) is 1. The van der Waals surface area contributed by atoms with Gasteiger partial charge >= 0.3 is 17.8 Å². The average Bonchev–Trinajstić information content (AvgIpc) is 2.29. The predicted molar refractivity (Wildman–Crippen MR) is 52.0 cm³/mol. The molecular weight excluding hydrogens is 220 g/mol. The standard InChI is InChI=1S/C10H15F2NO3/c1-2-16-9(15)10(11,12)8(14)13-6-4-3-5-7-13/h2-7H2,1H3. The van der Waals surface area contributed by atoms with E-state index in [2.05, 4.69) is 4.74 Å². The molecule has 0 spiro atoms. The van der Waals surface area contributed by atoms with Gasteiger partial charge in [-0.15, -0.1) is 0 Å². The van der Waals surface area contributed by atoms with Crippen molar-refractivity contribution in [3.8, 4) is 0 Å². The van der Waals surface area contributed by atoms with Gasteiger partial charge < -0.3 is 9.64 Å². The van der Waals surface area contributed by atoms with Crippen LogP contribution in [0.15, 0.2) is 0 Å². The second-order valence-electron chi connectivity index (χ2n) is 3.65. The van der Waals surface area contributed by atoms with Crippen LogP contribution < -0.4 is 0 Å². The maximum absolute atomic E-state index is 13.3. The van der Waals surface area contributed by atoms with Crippen LogP contribution in [0.4, 0.5) is 8.78 Å². The Balaban J connectivity index is 2.66. The van der Waals surface area contributed by atoms with E-state index in [1.54, 1.807) is 0 Å². The third-order valence-corrected chi connectivity index (χ3v) is 2.44. The Labute approximate surface area is 92.5 Å². The maximum atomic E-state index is 13.3. The van der Waals surface area contributed by atoms with E-state index in [0.29, 0.717) is 12.8 Å². The Morgan fingerprint density at radius 2 is 1.81 bits per heavy atom. The molecule has 1 heterocycles. The van der Waals surface area contributed by atoms with Crippen LogP contribution >= 0.6 is 0 Å². The number of halogens is 2. The molecule has 16 heavy (non-hydrogen) atoms. The number of rotatable bonds is 3. The molecule has 0 aliphatic carbocycles. The van der Waals surface area contributed by atoms with Crippen molar-refractivity contribution in [2.24, 2.45) is 0 Å². The van der Waals surface area contributed by atoms with E-state index in [9.17, 15) is 18.4 Å². The second-order valence-corrected chi connectivity index (χ2v) is 3.65. The van der Waals surface area contributed by atoms with Gasteiger partial charge in [0.1, 0.15) is 0 Å². The van der Waals surface area contributed by atoms with Crippen LogP contribution in [0.5, 0.6) is 0 Å². The molecule has 4 nitrogen and oxygen atoms in total. The summed E-state index contributed by atoms with van der Waals surface area (Å²) in [7, 11) is 0. The predicted octanol–water partition coefficient (Wildman–Crippen LogP) is 1.20. The van der Waals surface area contributed by atoms with Crippen LogP contribution in [0, 0.1) is 0 Å². The van der Waals surface area contributed by atoms with Crippen LogP contribution in [0.1, 0.15) is 26.2 Å². The molecule has 0 bridgehead atoms. The van der Waals surface area contributed by atoms with Gasteiger partial charge in [0, 0.05) is 13.1 Å². The van der Waals surface area contributed by atoms with Gasteiger partial charge in [0.15, 0.2) is 0 Å². The van der Waals surface area contributed by atoms with E-state index >= 15 is 0 Å². The monoisotopic (exact) mass is 235 g/mol. The fourth-order valence-electron chi connectivity index (χ4n) is 1.60. The summed E-state index contributed by atoms with van der Waals surface area (Å²) in [5, 5.41) is 0. The highest BCUT2D eigenvalue weighted by Crippen LogP contribution is 2.21. The van der Waals surface area contributed by atoms with Crippen molar-refractivity contribution in [1.82, 2.24) is 4.90 Å². The summed E-state index contributed by atoms with van der Waals surface area (Å²) in [4.78, 5) is 23.4. The highest BCUT2D eigenvalue weighted by Gasteiger charge is 2.51. The van der Waals surface area contributed by atoms with Crippen LogP contribution in [0.2, 0.25) is 0 Å². The van der Waals surface area contributed by atoms with Gasteiger partial charge in [-0.2, -0.15) is 8.78 Å². The number of carbonyl (C=O) groups is 2. The van der Waals surface area contributed by atoms with Crippen molar-refractivity contribution in [2.75, 3.05) is 19.7 Å². The molecule has 1 fully saturated rings. The van der Waals surface area contributed by atoms with Crippen molar-refractivity contribution >= 4 is 11.9 Å². The number of piperidine rings is 1. The summed E-state index contributed by atoms with van der Waals surface area (Å²) in [5.41, 5.74) is 0. The lowest BCUT2D eigenvalue weighted by Gasteiger charge is -2.29. The second kappa shape index (κ2) is 5.23. The van der Waals surface area contributed by atoms with E-state index in [1.165, 1.54) is 6.92 Å². The Kier molecular flexibility index (Phi) is 4.20. The van der Waals surface area contributed by atoms with Crippen LogP contribution in [-0.2, 0) is 14.3 Å². The number of amides is 1. The fraction of sp³-hybridized carbons (Fsp3) is 0.800. The van der Waals surface area contributed by atoms with Gasteiger partial charge in [-0.1, -0.05) is 0 Å². The van der Waals surface area contributed by atoms with Gasteiger partial charge in [-0.25, -0.2) is 4.79 Å². The number of alkyl halides is 2. The average molecular weight is 235 g/mol. The molecule has 0 aromatic heterocycles. The van der Waals surface area contributed by atoms with Crippen molar-refractivity contribution < 1.29 is 23.1 Å². The number of hydrogen-bond acceptors (Lipinski definition) is 3. The molecule has 1 saturated heterocycles. The first-order valence-corrected chi connectivity index (χ1v) is 5.34. The summed E-state index contributed by atoms with van der Waals surface area (Å²) in [6, 6.07) is 0. The van der Waals surface area contributed by atoms with Crippen molar-refractivity contribution in [2.45, 2.75) is 32.1 Å². The smallest absolute Gasteiger partial charge is 0.419 e. The van der Waals surface area contributed by atoms with Gasteiger partial charge in [0.2, 0.25) is 0 Å². The molecule has 1 amide bonds. The minimum Gasteiger partial charge on any atom is -0.461 e. The minimum absolute atomic E-state index is 0.165. The van der Waals surface area contributed by atoms with Crippen LogP contribution in [0.3, 0.4) is 0 Å². The summed E-state index contributed by atoms with van der Waals surface area (Å²) >= 11 is 0. The zero-order valence-electron chi connectivity index (χ0n) is 9.17. The Bertz CT molecular complexity index is 275. The van der Waals surface area contributed by atoms with E-state index < -0.39 is 17.8 Å². The Morgan fingerprint density at radius 3 is 2.31 bits per heavy atom. The summed E-state index contributed by atoms with van der Waals surface area (Å²) < 4.78 is 30.8. The molecule has 1 rings (SSSR count). The molecule has 0 aromatic carbocycles. The normalized spacial score (nSPS) is 17.1. The van der Waals surface area contributed by atoms with Gasteiger partial charge in [-0.3, -0.25) is 4.79 Å². The van der Waals surface area contributed by atoms with Crippen molar-refractivity contribution in [3.05, 3.63) is 0 Å². The molecule has 0 N–H and O–H groups in total. The highest BCUT2D eigenvalue weighted by atomic mass is 19.3. The molecule has 0 aromatic rings. The number of esters is 1. The largest absolute Gasteiger partial charge is 0.461 e. The highest BCUT2D eigenvalue weighted by molar-refractivity contribution is 6.04. The SMILES string of the molecule is CCOC(=O)C(F)(F)C(=O)N1CCCCC1. The third kappa shape index (κ3) is 2.68. The van der Waals surface area contributed by atoms with Crippen molar-refractivity contribution in [3.63, 3.8) is 0 Å². The molecule has 0 atom stereocenters. The zero-order valence-corrected chi connectivity index (χ0v) is 9.17. The molecular formula is C10H15F2NO3. The van der Waals surface area contributed by atoms with Crippen molar-refractivity contribution in [1.29, 1.82) is 0 Å². The number of likely N-dealkylation sites (tertiary alicyclic amines) is 1. The first-order chi connectivity index (χ1) is 7.50. The number of hydrogen-bond donors (Lipinski definition) is 0. The minimum atomic E-state index is -4.05. The molecule has 0 saturated carbocycles. The lowest BCUT2D eigenvalue weighted by Crippen LogP contribution is -2.50. The lowest BCUT2D eigenvalue weighted by atomic mass is 10.1. The lowest BCUT2D eigenvalue weighted by molar-refractivity contribution is -0.183. The van der Waals surface area contributed by atoms with Gasteiger partial charge in [-0.05, 0) is 26.2 Å². The number of carbonyl (C=O) groups excluding carboxylic acids is 2. The fourth-order valence-corrected chi connectivity index (χ4v) is 1.60. The maximum Gasteiger partial charge on any atom is 0.419 e. The third-order valence-electron chi connectivity index (χ3n) is 2.44. The topological polar surface area (TPSA) is 46.6 Å². The Morgan fingerprint density at radius 1 is 1.25 bits per heavy atom. The van der Waals surface area contributed by atoms with Gasteiger partial charge in [0.25, 0.3) is 0 Å².